The number of ether oxygens (including phenoxy) is 3. The molecule has 0 aliphatic carbocycles. The van der Waals surface area contributed by atoms with E-state index in [1.165, 1.54) is 19.5 Å². The first-order valence-electron chi connectivity index (χ1n) is 6.54. The number of hydrogen-bond donors (Lipinski definition) is 0. The summed E-state index contributed by atoms with van der Waals surface area (Å²) in [6.07, 6.45) is 3.63. The summed E-state index contributed by atoms with van der Waals surface area (Å²) >= 11 is 0. The van der Waals surface area contributed by atoms with E-state index in [0.29, 0.717) is 18.1 Å². The van der Waals surface area contributed by atoms with Gasteiger partial charge in [-0.15, -0.1) is 0 Å². The van der Waals surface area contributed by atoms with Gasteiger partial charge in [0.05, 0.1) is 26.1 Å². The lowest BCUT2D eigenvalue weighted by Gasteiger charge is -2.11. The number of rotatable bonds is 6. The number of benzene rings is 1. The number of hydrogen-bond acceptors (Lipinski definition) is 6. The van der Waals surface area contributed by atoms with Gasteiger partial charge in [0.25, 0.3) is 0 Å². The maximum Gasteiger partial charge on any atom is 0.358 e. The van der Waals surface area contributed by atoms with Gasteiger partial charge in [-0.1, -0.05) is 19.1 Å². The second kappa shape index (κ2) is 7.23. The van der Waals surface area contributed by atoms with E-state index in [4.69, 9.17) is 9.47 Å². The quantitative estimate of drug-likeness (QED) is 0.761. The van der Waals surface area contributed by atoms with Crippen molar-refractivity contribution < 1.29 is 19.0 Å². The molecule has 0 atom stereocenters. The van der Waals surface area contributed by atoms with Crippen LogP contribution in [0.3, 0.4) is 0 Å². The van der Waals surface area contributed by atoms with Crippen LogP contribution in [0.15, 0.2) is 36.7 Å². The SMILES string of the molecule is CCCOc1ccccc1Oc1cncc(C(=O)OC)n1. The van der Waals surface area contributed by atoms with Gasteiger partial charge in [0.1, 0.15) is 0 Å². The summed E-state index contributed by atoms with van der Waals surface area (Å²) in [5.41, 5.74) is 0.0851. The number of aromatic nitrogens is 2. The first-order valence-corrected chi connectivity index (χ1v) is 6.54. The van der Waals surface area contributed by atoms with E-state index in [0.717, 1.165) is 6.42 Å². The van der Waals surface area contributed by atoms with Gasteiger partial charge in [-0.25, -0.2) is 9.78 Å². The predicted molar refractivity (Wildman–Crippen MR) is 75.7 cm³/mol. The topological polar surface area (TPSA) is 70.5 Å². The van der Waals surface area contributed by atoms with E-state index in [1.807, 2.05) is 25.1 Å². The van der Waals surface area contributed by atoms with Crippen LogP contribution >= 0.6 is 0 Å². The first kappa shape index (κ1) is 14.8. The lowest BCUT2D eigenvalue weighted by atomic mass is 10.3. The van der Waals surface area contributed by atoms with Crippen LogP contribution in [0.25, 0.3) is 0 Å². The molecule has 0 fully saturated rings. The minimum atomic E-state index is -0.566. The second-order valence-corrected chi connectivity index (χ2v) is 4.13. The van der Waals surface area contributed by atoms with Crippen LogP contribution in [0, 0.1) is 0 Å². The molecule has 0 saturated heterocycles. The van der Waals surface area contributed by atoms with Crippen LogP contribution < -0.4 is 9.47 Å². The molecular weight excluding hydrogens is 272 g/mol. The van der Waals surface area contributed by atoms with Crippen LogP contribution in [0.1, 0.15) is 23.8 Å². The lowest BCUT2D eigenvalue weighted by molar-refractivity contribution is 0.0592. The third kappa shape index (κ3) is 3.92. The third-order valence-electron chi connectivity index (χ3n) is 2.53. The molecule has 21 heavy (non-hydrogen) atoms. The smallest absolute Gasteiger partial charge is 0.358 e. The first-order chi connectivity index (χ1) is 10.2. The zero-order valence-electron chi connectivity index (χ0n) is 11.9. The Morgan fingerprint density at radius 2 is 1.95 bits per heavy atom. The summed E-state index contributed by atoms with van der Waals surface area (Å²) in [6, 6.07) is 7.25. The number of carbonyl (C=O) groups excluding carboxylic acids is 1. The second-order valence-electron chi connectivity index (χ2n) is 4.13. The van der Waals surface area contributed by atoms with Crippen molar-refractivity contribution in [2.75, 3.05) is 13.7 Å². The molecule has 0 spiro atoms. The van der Waals surface area contributed by atoms with E-state index in [9.17, 15) is 4.79 Å². The molecular formula is C15H16N2O4. The number of methoxy groups -OCH3 is 1. The van der Waals surface area contributed by atoms with Crippen LogP contribution in [-0.4, -0.2) is 29.7 Å². The summed E-state index contributed by atoms with van der Waals surface area (Å²) in [4.78, 5) is 19.4. The fraction of sp³-hybridized carbons (Fsp3) is 0.267. The summed E-state index contributed by atoms with van der Waals surface area (Å²) < 4.78 is 15.8. The highest BCUT2D eigenvalue weighted by Crippen LogP contribution is 2.30. The average molecular weight is 288 g/mol. The zero-order valence-corrected chi connectivity index (χ0v) is 11.9. The molecule has 0 amide bonds. The minimum Gasteiger partial charge on any atom is -0.490 e. The van der Waals surface area contributed by atoms with Gasteiger partial charge in [-0.3, -0.25) is 4.98 Å². The third-order valence-corrected chi connectivity index (χ3v) is 2.53. The van der Waals surface area contributed by atoms with Crippen molar-refractivity contribution in [1.82, 2.24) is 9.97 Å². The molecule has 0 aliphatic rings. The monoisotopic (exact) mass is 288 g/mol. The number of para-hydroxylation sites is 2. The number of esters is 1. The van der Waals surface area contributed by atoms with Crippen LogP contribution in [0.5, 0.6) is 17.4 Å². The van der Waals surface area contributed by atoms with Crippen LogP contribution in [0.2, 0.25) is 0 Å². The maximum absolute atomic E-state index is 11.4. The molecule has 0 unspecified atom stereocenters. The van der Waals surface area contributed by atoms with Gasteiger partial charge in [-0.05, 0) is 18.6 Å². The Hall–Kier alpha value is -2.63. The van der Waals surface area contributed by atoms with Crippen molar-refractivity contribution in [2.24, 2.45) is 0 Å². The van der Waals surface area contributed by atoms with Gasteiger partial charge >= 0.3 is 5.97 Å². The van der Waals surface area contributed by atoms with Crippen LogP contribution in [0.4, 0.5) is 0 Å². The van der Waals surface area contributed by atoms with E-state index >= 15 is 0 Å². The minimum absolute atomic E-state index is 0.0851. The molecule has 2 aromatic rings. The summed E-state index contributed by atoms with van der Waals surface area (Å²) in [7, 11) is 1.28. The highest BCUT2D eigenvalue weighted by atomic mass is 16.5. The molecule has 0 saturated carbocycles. The number of carbonyl (C=O) groups is 1. The molecule has 2 rings (SSSR count). The number of nitrogens with zero attached hydrogens (tertiary/aromatic N) is 2. The molecule has 1 aromatic heterocycles. The Balaban J connectivity index is 2.20. The average Bonchev–Trinajstić information content (AvgIpc) is 2.53. The van der Waals surface area contributed by atoms with Gasteiger partial charge in [0, 0.05) is 0 Å². The summed E-state index contributed by atoms with van der Waals surface area (Å²) in [5.74, 6) is 0.765. The molecule has 0 N–H and O–H groups in total. The van der Waals surface area contributed by atoms with E-state index in [1.54, 1.807) is 6.07 Å². The van der Waals surface area contributed by atoms with E-state index in [-0.39, 0.29) is 11.6 Å². The molecule has 1 aromatic carbocycles. The standard InChI is InChI=1S/C15H16N2O4/c1-3-8-20-12-6-4-5-7-13(12)21-14-10-16-9-11(17-14)15(18)19-2/h4-7,9-10H,3,8H2,1-2H3. The normalized spacial score (nSPS) is 10.0. The van der Waals surface area contributed by atoms with Gasteiger partial charge < -0.3 is 14.2 Å². The molecule has 1 heterocycles. The highest BCUT2D eigenvalue weighted by Gasteiger charge is 2.11. The van der Waals surface area contributed by atoms with Crippen molar-refractivity contribution in [1.29, 1.82) is 0 Å². The van der Waals surface area contributed by atoms with Crippen molar-refractivity contribution in [2.45, 2.75) is 13.3 Å². The Kier molecular flexibility index (Phi) is 5.09. The van der Waals surface area contributed by atoms with Crippen molar-refractivity contribution in [3.05, 3.63) is 42.4 Å². The molecule has 110 valence electrons. The van der Waals surface area contributed by atoms with Gasteiger partial charge in [0.2, 0.25) is 5.88 Å². The molecule has 0 bridgehead atoms. The molecule has 0 aliphatic heterocycles. The van der Waals surface area contributed by atoms with Crippen molar-refractivity contribution >= 4 is 5.97 Å². The molecule has 6 nitrogen and oxygen atoms in total. The highest BCUT2D eigenvalue weighted by molar-refractivity contribution is 5.86. The fourth-order valence-electron chi connectivity index (χ4n) is 1.58. The Labute approximate surface area is 122 Å². The van der Waals surface area contributed by atoms with Crippen molar-refractivity contribution in [3.63, 3.8) is 0 Å². The predicted octanol–water partition coefficient (Wildman–Crippen LogP) is 2.84. The largest absolute Gasteiger partial charge is 0.490 e. The van der Waals surface area contributed by atoms with Gasteiger partial charge in [0.15, 0.2) is 17.2 Å². The molecule has 0 radical (unpaired) electrons. The van der Waals surface area contributed by atoms with E-state index in [2.05, 4.69) is 14.7 Å². The lowest BCUT2D eigenvalue weighted by Crippen LogP contribution is -2.05. The summed E-state index contributed by atoms with van der Waals surface area (Å²) in [5, 5.41) is 0. The maximum atomic E-state index is 11.4. The molecule has 6 heteroatoms. The Bertz CT molecular complexity index is 616. The van der Waals surface area contributed by atoms with Gasteiger partial charge in [-0.2, -0.15) is 0 Å². The Morgan fingerprint density at radius 1 is 1.19 bits per heavy atom. The Morgan fingerprint density at radius 3 is 2.67 bits per heavy atom. The van der Waals surface area contributed by atoms with E-state index < -0.39 is 5.97 Å². The van der Waals surface area contributed by atoms with Crippen LogP contribution in [-0.2, 0) is 4.74 Å². The van der Waals surface area contributed by atoms with Crippen molar-refractivity contribution in [3.8, 4) is 17.4 Å². The summed E-state index contributed by atoms with van der Waals surface area (Å²) in [6.45, 7) is 2.61. The fourth-order valence-corrected chi connectivity index (χ4v) is 1.58. The zero-order chi connectivity index (χ0) is 15.1.